The number of rotatable bonds is 5. The van der Waals surface area contributed by atoms with Crippen molar-refractivity contribution in [3.63, 3.8) is 0 Å². The smallest absolute Gasteiger partial charge is 0.150 e. The van der Waals surface area contributed by atoms with Crippen molar-refractivity contribution in [2.24, 2.45) is 0 Å². The summed E-state index contributed by atoms with van der Waals surface area (Å²) in [5.41, 5.74) is 3.27. The molecule has 0 fully saturated rings. The molecule has 2 aromatic rings. The average molecular weight is 285 g/mol. The Morgan fingerprint density at radius 3 is 2.33 bits per heavy atom. The van der Waals surface area contributed by atoms with E-state index in [0.29, 0.717) is 30.0 Å². The molecule has 110 valence electrons. The molecule has 2 aromatic carbocycles. The topological polar surface area (TPSA) is 20.3 Å². The number of benzene rings is 2. The molecule has 0 unspecified atom stereocenters. The molecular weight excluding hydrogens is 265 g/mol. The summed E-state index contributed by atoms with van der Waals surface area (Å²) in [6, 6.07) is 12.9. The third-order valence-corrected chi connectivity index (χ3v) is 3.59. The van der Waals surface area contributed by atoms with Crippen molar-refractivity contribution in [3.05, 3.63) is 65.0 Å². The predicted octanol–water partition coefficient (Wildman–Crippen LogP) is 4.40. The Hall–Kier alpha value is -2.16. The van der Waals surface area contributed by atoms with Gasteiger partial charge in [-0.05, 0) is 35.2 Å². The minimum atomic E-state index is -0.374. The minimum absolute atomic E-state index is 0.353. The van der Waals surface area contributed by atoms with Crippen molar-refractivity contribution in [3.8, 4) is 0 Å². The number of hydrogen-bond acceptors (Lipinski definition) is 2. The van der Waals surface area contributed by atoms with Gasteiger partial charge in [0.2, 0.25) is 0 Å². The highest BCUT2D eigenvalue weighted by atomic mass is 19.1. The molecule has 0 spiro atoms. The first-order chi connectivity index (χ1) is 10.0. The van der Waals surface area contributed by atoms with E-state index < -0.39 is 0 Å². The summed E-state index contributed by atoms with van der Waals surface area (Å²) in [7, 11) is 1.84. The number of anilines is 1. The highest BCUT2D eigenvalue weighted by Gasteiger charge is 2.09. The van der Waals surface area contributed by atoms with Crippen LogP contribution >= 0.6 is 0 Å². The van der Waals surface area contributed by atoms with Gasteiger partial charge in [-0.15, -0.1) is 0 Å². The molecule has 0 N–H and O–H groups in total. The van der Waals surface area contributed by atoms with Gasteiger partial charge in [-0.1, -0.05) is 38.1 Å². The van der Waals surface area contributed by atoms with Gasteiger partial charge in [0.15, 0.2) is 0 Å². The summed E-state index contributed by atoms with van der Waals surface area (Å²) in [5.74, 6) is 0.131. The van der Waals surface area contributed by atoms with E-state index in [-0.39, 0.29) is 5.82 Å². The SMILES string of the molecule is CC(C)c1ccc(CN(C)c2ccc(C=O)cc2F)cc1. The monoisotopic (exact) mass is 285 g/mol. The van der Waals surface area contributed by atoms with Crippen LogP contribution in [0.4, 0.5) is 10.1 Å². The molecule has 3 heteroatoms. The van der Waals surface area contributed by atoms with Crippen LogP contribution in [0.5, 0.6) is 0 Å². The first kappa shape index (κ1) is 15.2. The van der Waals surface area contributed by atoms with Crippen LogP contribution < -0.4 is 4.90 Å². The Morgan fingerprint density at radius 2 is 1.81 bits per heavy atom. The maximum Gasteiger partial charge on any atom is 0.150 e. The lowest BCUT2D eigenvalue weighted by molar-refractivity contribution is 0.112. The summed E-state index contributed by atoms with van der Waals surface area (Å²) in [4.78, 5) is 12.5. The molecule has 0 aliphatic rings. The van der Waals surface area contributed by atoms with E-state index in [0.717, 1.165) is 5.56 Å². The number of nitrogens with zero attached hydrogens (tertiary/aromatic N) is 1. The molecular formula is C18H20FNO. The van der Waals surface area contributed by atoms with Crippen LogP contribution in [0, 0.1) is 5.82 Å². The number of halogens is 1. The van der Waals surface area contributed by atoms with Crippen molar-refractivity contribution >= 4 is 12.0 Å². The van der Waals surface area contributed by atoms with Crippen molar-refractivity contribution in [2.45, 2.75) is 26.3 Å². The van der Waals surface area contributed by atoms with Crippen LogP contribution in [0.15, 0.2) is 42.5 Å². The van der Waals surface area contributed by atoms with E-state index in [1.165, 1.54) is 11.6 Å². The van der Waals surface area contributed by atoms with Crippen LogP contribution in [0.25, 0.3) is 0 Å². The van der Waals surface area contributed by atoms with Crippen LogP contribution in [0.2, 0.25) is 0 Å². The van der Waals surface area contributed by atoms with Gasteiger partial charge < -0.3 is 4.90 Å². The lowest BCUT2D eigenvalue weighted by atomic mass is 10.0. The molecule has 0 saturated heterocycles. The van der Waals surface area contributed by atoms with Crippen LogP contribution in [-0.2, 0) is 6.54 Å². The maximum absolute atomic E-state index is 14.0. The Bertz CT molecular complexity index is 620. The first-order valence-corrected chi connectivity index (χ1v) is 7.06. The standard InChI is InChI=1S/C18H20FNO/c1-13(2)16-7-4-14(5-8-16)11-20(3)18-9-6-15(12-21)10-17(18)19/h4-10,12-13H,11H2,1-3H3. The molecule has 0 amide bonds. The van der Waals surface area contributed by atoms with E-state index in [1.54, 1.807) is 12.1 Å². The summed E-state index contributed by atoms with van der Waals surface area (Å²) >= 11 is 0. The molecule has 0 saturated carbocycles. The number of carbonyl (C=O) groups excluding carboxylic acids is 1. The van der Waals surface area contributed by atoms with Crippen molar-refractivity contribution in [1.82, 2.24) is 0 Å². The van der Waals surface area contributed by atoms with Crippen molar-refractivity contribution in [2.75, 3.05) is 11.9 Å². The van der Waals surface area contributed by atoms with Crippen LogP contribution in [0.1, 0.15) is 41.3 Å². The van der Waals surface area contributed by atoms with Gasteiger partial charge in [0, 0.05) is 19.2 Å². The zero-order valence-corrected chi connectivity index (χ0v) is 12.6. The highest BCUT2D eigenvalue weighted by molar-refractivity contribution is 5.75. The molecule has 0 aromatic heterocycles. The molecule has 0 aliphatic carbocycles. The zero-order chi connectivity index (χ0) is 15.4. The Balaban J connectivity index is 2.13. The molecule has 2 nitrogen and oxygen atoms in total. The van der Waals surface area contributed by atoms with Crippen LogP contribution in [0.3, 0.4) is 0 Å². The van der Waals surface area contributed by atoms with E-state index in [1.807, 2.05) is 11.9 Å². The Morgan fingerprint density at radius 1 is 1.14 bits per heavy atom. The summed E-state index contributed by atoms with van der Waals surface area (Å²) in [5, 5.41) is 0. The molecule has 0 heterocycles. The number of hydrogen-bond donors (Lipinski definition) is 0. The first-order valence-electron chi connectivity index (χ1n) is 7.06. The Labute approximate surface area is 125 Å². The van der Waals surface area contributed by atoms with Gasteiger partial charge in [0.1, 0.15) is 12.1 Å². The summed E-state index contributed by atoms with van der Waals surface area (Å²) in [6.45, 7) is 4.94. The molecule has 21 heavy (non-hydrogen) atoms. The largest absolute Gasteiger partial charge is 0.368 e. The fraction of sp³-hybridized carbons (Fsp3) is 0.278. The highest BCUT2D eigenvalue weighted by Crippen LogP contribution is 2.21. The van der Waals surface area contributed by atoms with Gasteiger partial charge in [0.25, 0.3) is 0 Å². The second kappa shape index (κ2) is 6.53. The van der Waals surface area contributed by atoms with Gasteiger partial charge >= 0.3 is 0 Å². The van der Waals surface area contributed by atoms with Crippen molar-refractivity contribution in [1.29, 1.82) is 0 Å². The fourth-order valence-corrected chi connectivity index (χ4v) is 2.27. The van der Waals surface area contributed by atoms with E-state index >= 15 is 0 Å². The lowest BCUT2D eigenvalue weighted by Crippen LogP contribution is -2.17. The van der Waals surface area contributed by atoms with Gasteiger partial charge in [0.05, 0.1) is 5.69 Å². The number of carbonyl (C=O) groups is 1. The lowest BCUT2D eigenvalue weighted by Gasteiger charge is -2.20. The average Bonchev–Trinajstić information content (AvgIpc) is 2.47. The third kappa shape index (κ3) is 3.69. The van der Waals surface area contributed by atoms with E-state index in [2.05, 4.69) is 38.1 Å². The minimum Gasteiger partial charge on any atom is -0.368 e. The summed E-state index contributed by atoms with van der Waals surface area (Å²) in [6.07, 6.45) is 0.650. The molecule has 0 aliphatic heterocycles. The molecule has 0 radical (unpaired) electrons. The third-order valence-electron chi connectivity index (χ3n) is 3.59. The van der Waals surface area contributed by atoms with Crippen molar-refractivity contribution < 1.29 is 9.18 Å². The number of aldehydes is 1. The zero-order valence-electron chi connectivity index (χ0n) is 12.6. The second-order valence-electron chi connectivity index (χ2n) is 5.58. The second-order valence-corrected chi connectivity index (χ2v) is 5.58. The normalized spacial score (nSPS) is 10.7. The summed E-state index contributed by atoms with van der Waals surface area (Å²) < 4.78 is 14.0. The predicted molar refractivity (Wildman–Crippen MR) is 84.4 cm³/mol. The van der Waals surface area contributed by atoms with E-state index in [9.17, 15) is 9.18 Å². The van der Waals surface area contributed by atoms with Gasteiger partial charge in [-0.3, -0.25) is 4.79 Å². The Kier molecular flexibility index (Phi) is 4.73. The molecule has 2 rings (SSSR count). The van der Waals surface area contributed by atoms with Gasteiger partial charge in [-0.2, -0.15) is 0 Å². The molecule has 0 bridgehead atoms. The maximum atomic E-state index is 14.0. The fourth-order valence-electron chi connectivity index (χ4n) is 2.27. The van der Waals surface area contributed by atoms with E-state index in [4.69, 9.17) is 0 Å². The molecule has 0 atom stereocenters. The quantitative estimate of drug-likeness (QED) is 0.759. The van der Waals surface area contributed by atoms with Crippen LogP contribution in [-0.4, -0.2) is 13.3 Å². The van der Waals surface area contributed by atoms with Gasteiger partial charge in [-0.25, -0.2) is 4.39 Å².